The number of ketones is 1. The highest BCUT2D eigenvalue weighted by atomic mass is 16.7. The van der Waals surface area contributed by atoms with Crippen LogP contribution in [0.25, 0.3) is 0 Å². The van der Waals surface area contributed by atoms with Gasteiger partial charge in [0.2, 0.25) is 0 Å². The summed E-state index contributed by atoms with van der Waals surface area (Å²) in [5.74, 6) is 4.68. The molecule has 3 aliphatic carbocycles. The average Bonchev–Trinajstić information content (AvgIpc) is 3.39. The number of fused-ring (bicyclic) bond motifs is 2. The second-order valence-electron chi connectivity index (χ2n) is 14.4. The van der Waals surface area contributed by atoms with Gasteiger partial charge in [0.25, 0.3) is 0 Å². The number of carbonyl (C=O) groups is 1. The van der Waals surface area contributed by atoms with Gasteiger partial charge in [-0.15, -0.1) is 0 Å². The maximum atomic E-state index is 13.8. The van der Waals surface area contributed by atoms with Crippen LogP contribution in [-0.2, 0) is 9.47 Å². The van der Waals surface area contributed by atoms with Crippen LogP contribution < -0.4 is 4.74 Å². The monoisotopic (exact) mass is 538 g/mol. The Morgan fingerprint density at radius 2 is 1.79 bits per heavy atom. The molecule has 5 aliphatic rings. The number of benzene rings is 1. The van der Waals surface area contributed by atoms with Crippen LogP contribution in [0.5, 0.6) is 5.75 Å². The van der Waals surface area contributed by atoms with E-state index in [1.807, 2.05) is 24.3 Å². The first-order chi connectivity index (χ1) is 18.6. The van der Waals surface area contributed by atoms with Gasteiger partial charge in [-0.3, -0.25) is 4.79 Å². The van der Waals surface area contributed by atoms with Gasteiger partial charge in [-0.25, -0.2) is 0 Å². The van der Waals surface area contributed by atoms with Gasteiger partial charge in [0.05, 0.1) is 25.9 Å². The lowest BCUT2D eigenvalue weighted by Crippen LogP contribution is -2.51. The molecule has 0 aromatic heterocycles. The van der Waals surface area contributed by atoms with Crippen LogP contribution in [0.2, 0.25) is 0 Å². The topological polar surface area (TPSA) is 65.0 Å². The van der Waals surface area contributed by atoms with Crippen molar-refractivity contribution in [2.45, 2.75) is 103 Å². The fraction of sp³-hybridized carbons (Fsp3) is 0.794. The summed E-state index contributed by atoms with van der Waals surface area (Å²) in [6.45, 7) is 10.4. The van der Waals surface area contributed by atoms with E-state index in [1.165, 1.54) is 12.8 Å². The van der Waals surface area contributed by atoms with Gasteiger partial charge in [0.15, 0.2) is 11.6 Å². The largest absolute Gasteiger partial charge is 0.497 e. The lowest BCUT2D eigenvalue weighted by Gasteiger charge is -2.56. The molecule has 12 atom stereocenters. The lowest BCUT2D eigenvalue weighted by molar-refractivity contribution is -0.271. The van der Waals surface area contributed by atoms with E-state index in [2.05, 4.69) is 27.7 Å². The van der Waals surface area contributed by atoms with Crippen molar-refractivity contribution < 1.29 is 24.1 Å². The molecule has 2 heterocycles. The lowest BCUT2D eigenvalue weighted by atomic mass is 9.49. The molecule has 2 saturated heterocycles. The van der Waals surface area contributed by atoms with Gasteiger partial charge in [0, 0.05) is 24.3 Å². The molecule has 5 heteroatoms. The maximum absolute atomic E-state index is 13.8. The van der Waals surface area contributed by atoms with E-state index in [4.69, 9.17) is 14.2 Å². The number of rotatable bonds is 5. The molecule has 1 spiro atoms. The second kappa shape index (κ2) is 10.4. The number of methoxy groups -OCH3 is 1. The van der Waals surface area contributed by atoms with E-state index in [0.29, 0.717) is 53.8 Å². The third kappa shape index (κ3) is 4.69. The van der Waals surface area contributed by atoms with Crippen molar-refractivity contribution in [3.05, 3.63) is 29.8 Å². The summed E-state index contributed by atoms with van der Waals surface area (Å²) in [6.07, 6.45) is 9.08. The standard InChI is InChI=1S/C34H50O5/c1-20-12-15-34(38-19-20)22(3)32-21(2)28(17-31(32)39-34)27-11-8-24-16-25(35)13-14-33(24,4)29(27)18-30(36)23-6-9-26(37-5)10-7-23/h6-7,9-10,20-22,24-25,27-29,31-32,35H,8,11-19H2,1-5H3/t20-,21+,22+,24+,25+,27+,28-,29+,31+,32+,33+,34-/m1/s1. The van der Waals surface area contributed by atoms with Gasteiger partial charge >= 0.3 is 0 Å². The normalized spacial score (nSPS) is 47.5. The molecule has 216 valence electrons. The van der Waals surface area contributed by atoms with Crippen molar-refractivity contribution in [2.75, 3.05) is 13.7 Å². The minimum absolute atomic E-state index is 0.0953. The highest BCUT2D eigenvalue weighted by Crippen LogP contribution is 2.63. The molecule has 1 aromatic carbocycles. The van der Waals surface area contributed by atoms with E-state index in [-0.39, 0.29) is 29.2 Å². The summed E-state index contributed by atoms with van der Waals surface area (Å²) in [5.41, 5.74) is 0.882. The van der Waals surface area contributed by atoms with E-state index < -0.39 is 0 Å². The fourth-order valence-corrected chi connectivity index (χ4v) is 10.1. The molecule has 39 heavy (non-hydrogen) atoms. The highest BCUT2D eigenvalue weighted by molar-refractivity contribution is 5.96. The van der Waals surface area contributed by atoms with Crippen molar-refractivity contribution in [3.63, 3.8) is 0 Å². The summed E-state index contributed by atoms with van der Waals surface area (Å²) >= 11 is 0. The molecule has 3 saturated carbocycles. The smallest absolute Gasteiger partial charge is 0.171 e. The SMILES string of the molecule is COc1ccc(C(=O)C[C@H]2[C@H]([C@@H]3C[C@@H]4O[C@]5(CC[C@@H](C)CO5)[C@@H](C)[C@@H]4[C@H]3C)CC[C@H]3C[C@@H](O)CC[C@@]32C)cc1. The molecule has 5 nitrogen and oxygen atoms in total. The Hall–Kier alpha value is -1.43. The Kier molecular flexibility index (Phi) is 7.42. The van der Waals surface area contributed by atoms with Gasteiger partial charge in [-0.05, 0) is 116 Å². The van der Waals surface area contributed by atoms with Crippen LogP contribution in [-0.4, -0.2) is 42.6 Å². The average molecular weight is 539 g/mol. The van der Waals surface area contributed by atoms with Crippen molar-refractivity contribution in [1.29, 1.82) is 0 Å². The van der Waals surface area contributed by atoms with Crippen molar-refractivity contribution in [2.24, 2.45) is 52.8 Å². The fourth-order valence-electron chi connectivity index (χ4n) is 10.1. The summed E-state index contributed by atoms with van der Waals surface area (Å²) < 4.78 is 18.7. The zero-order valence-electron chi connectivity index (χ0n) is 24.7. The summed E-state index contributed by atoms with van der Waals surface area (Å²) in [5, 5.41) is 10.5. The minimum atomic E-state index is -0.381. The second-order valence-corrected chi connectivity index (χ2v) is 14.4. The molecular weight excluding hydrogens is 488 g/mol. The number of aliphatic hydroxyl groups excluding tert-OH is 1. The molecule has 1 N–H and O–H groups in total. The molecule has 2 aliphatic heterocycles. The Labute approximate surface area is 235 Å². The van der Waals surface area contributed by atoms with Gasteiger partial charge in [0.1, 0.15) is 5.75 Å². The van der Waals surface area contributed by atoms with Gasteiger partial charge < -0.3 is 19.3 Å². The zero-order valence-corrected chi connectivity index (χ0v) is 24.7. The van der Waals surface area contributed by atoms with Crippen LogP contribution in [0.15, 0.2) is 24.3 Å². The van der Waals surface area contributed by atoms with E-state index in [0.717, 1.165) is 56.4 Å². The highest BCUT2D eigenvalue weighted by Gasteiger charge is 2.62. The molecule has 0 radical (unpaired) electrons. The van der Waals surface area contributed by atoms with Crippen LogP contribution in [0, 0.1) is 52.8 Å². The molecule has 6 rings (SSSR count). The Morgan fingerprint density at radius 3 is 2.46 bits per heavy atom. The Bertz CT molecular complexity index is 1030. The predicted octanol–water partition coefficient (Wildman–Crippen LogP) is 6.91. The first-order valence-electron chi connectivity index (χ1n) is 15.8. The molecule has 5 fully saturated rings. The van der Waals surface area contributed by atoms with Crippen molar-refractivity contribution in [3.8, 4) is 5.75 Å². The summed E-state index contributed by atoms with van der Waals surface area (Å²) in [7, 11) is 1.66. The van der Waals surface area contributed by atoms with Crippen LogP contribution in [0.1, 0.15) is 95.8 Å². The number of hydrogen-bond acceptors (Lipinski definition) is 5. The van der Waals surface area contributed by atoms with Crippen LogP contribution in [0.4, 0.5) is 0 Å². The predicted molar refractivity (Wildman–Crippen MR) is 151 cm³/mol. The molecule has 0 unspecified atom stereocenters. The zero-order chi connectivity index (χ0) is 27.5. The number of Topliss-reactive ketones (excluding diaryl/α,β-unsaturated/α-hetero) is 1. The number of aliphatic hydroxyl groups is 1. The Balaban J connectivity index is 1.25. The maximum Gasteiger partial charge on any atom is 0.171 e. The quantitative estimate of drug-likeness (QED) is 0.413. The first-order valence-corrected chi connectivity index (χ1v) is 15.8. The molecule has 0 amide bonds. The van der Waals surface area contributed by atoms with E-state index in [9.17, 15) is 9.90 Å². The molecule has 1 aromatic rings. The number of hydrogen-bond donors (Lipinski definition) is 1. The third-order valence-electron chi connectivity index (χ3n) is 12.5. The van der Waals surface area contributed by atoms with Gasteiger partial charge in [-0.2, -0.15) is 0 Å². The van der Waals surface area contributed by atoms with Crippen molar-refractivity contribution >= 4 is 5.78 Å². The van der Waals surface area contributed by atoms with Crippen molar-refractivity contribution in [1.82, 2.24) is 0 Å². The number of ether oxygens (including phenoxy) is 3. The first kappa shape index (κ1) is 27.7. The van der Waals surface area contributed by atoms with Crippen LogP contribution in [0.3, 0.4) is 0 Å². The minimum Gasteiger partial charge on any atom is -0.497 e. The Morgan fingerprint density at radius 1 is 1.03 bits per heavy atom. The third-order valence-corrected chi connectivity index (χ3v) is 12.5. The molecular formula is C34H50O5. The van der Waals surface area contributed by atoms with Crippen LogP contribution >= 0.6 is 0 Å². The van der Waals surface area contributed by atoms with E-state index >= 15 is 0 Å². The summed E-state index contributed by atoms with van der Waals surface area (Å²) in [6, 6.07) is 7.64. The molecule has 0 bridgehead atoms. The number of carbonyl (C=O) groups excluding carboxylic acids is 1. The summed E-state index contributed by atoms with van der Waals surface area (Å²) in [4.78, 5) is 13.8. The van der Waals surface area contributed by atoms with E-state index in [1.54, 1.807) is 7.11 Å². The van der Waals surface area contributed by atoms with Gasteiger partial charge in [-0.1, -0.05) is 27.7 Å².